The average molecular weight is 1020 g/mol. The summed E-state index contributed by atoms with van der Waals surface area (Å²) in [5, 5.41) is 14.9. The van der Waals surface area contributed by atoms with Gasteiger partial charge in [0.1, 0.15) is 18.5 Å². The van der Waals surface area contributed by atoms with E-state index in [0.29, 0.717) is 63.4 Å². The van der Waals surface area contributed by atoms with Crippen LogP contribution in [0, 0.1) is 28.6 Å². The number of ether oxygens (including phenoxy) is 7. The second-order valence-electron chi connectivity index (χ2n) is 23.4. The summed E-state index contributed by atoms with van der Waals surface area (Å²) in [6.07, 6.45) is -5.71. The minimum Gasteiger partial charge on any atom is -0.494 e. The van der Waals surface area contributed by atoms with E-state index in [-0.39, 0.29) is 30.7 Å². The zero-order valence-corrected chi connectivity index (χ0v) is 46.1. The highest BCUT2D eigenvalue weighted by Crippen LogP contribution is 2.38. The van der Waals surface area contributed by atoms with Gasteiger partial charge in [-0.25, -0.2) is 0 Å². The van der Waals surface area contributed by atoms with Gasteiger partial charge < -0.3 is 44.0 Å². The van der Waals surface area contributed by atoms with E-state index in [0.717, 1.165) is 22.4 Å². The predicted molar refractivity (Wildman–Crippen MR) is 275 cm³/mol. The summed E-state index contributed by atoms with van der Waals surface area (Å²) in [4.78, 5) is 68.9. The van der Waals surface area contributed by atoms with E-state index in [9.17, 15) is 29.1 Å². The molecule has 73 heavy (non-hydrogen) atoms. The Labute approximate surface area is 433 Å². The van der Waals surface area contributed by atoms with Crippen LogP contribution in [0.3, 0.4) is 0 Å². The Kier molecular flexibility index (Phi) is 21.1. The molecule has 1 amide bonds. The molecule has 1 unspecified atom stereocenters. The molecule has 1 saturated heterocycles. The van der Waals surface area contributed by atoms with Crippen LogP contribution in [0.25, 0.3) is 0 Å². The lowest BCUT2D eigenvalue weighted by atomic mass is 9.93. The standard InChI is InChI=1S/C56H84N4O13/c1-35(2)43-40(32-38-23-24-39(31-36(38)3)67-30-20-26-59(28-25-42(57)62)33-37-21-17-16-18-22-37)47(58-60(43)27-19-29-61)73-48-46(72-52(66)56(13,14)15)45(71-51(65)55(10,11)12)44(70-50(64)54(7,8)9)41(69-48)34-68-49(63)53(4,5)6/h16-18,21-24,31,35,41,44-46,48,61H,19-20,25-30,32-34H2,1-15H3,(H2,57,62)/t41-,44-,45+,46-,48?/m1/s1. The van der Waals surface area contributed by atoms with Crippen LogP contribution in [-0.4, -0.2) is 113 Å². The van der Waals surface area contributed by atoms with Crippen LogP contribution in [0.4, 0.5) is 0 Å². The number of esters is 4. The van der Waals surface area contributed by atoms with E-state index >= 15 is 0 Å². The highest BCUT2D eigenvalue weighted by molar-refractivity contribution is 5.78. The average Bonchev–Trinajstić information content (AvgIpc) is 3.62. The Bertz CT molecular complexity index is 2320. The van der Waals surface area contributed by atoms with Crippen molar-refractivity contribution in [2.75, 3.05) is 32.9 Å². The van der Waals surface area contributed by atoms with Gasteiger partial charge in [-0.15, -0.1) is 5.10 Å². The SMILES string of the molecule is Cc1cc(OCCCN(CCC(N)=O)Cc2ccccc2)ccc1Cc1c(OC2O[C@H](COC(=O)C(C)(C)C)[C@@H](OC(=O)C(C)(C)C)[C@H](OC(=O)C(C)(C)C)[C@H]2OC(=O)C(C)(C)C)nn(CCCO)c1C(C)C. The van der Waals surface area contributed by atoms with Gasteiger partial charge in [-0.2, -0.15) is 0 Å². The molecule has 2 aromatic carbocycles. The number of hydrogen-bond acceptors (Lipinski definition) is 15. The Morgan fingerprint density at radius 1 is 0.767 bits per heavy atom. The number of primary amides is 1. The second-order valence-corrected chi connectivity index (χ2v) is 23.4. The minimum absolute atomic E-state index is 0.0943. The Morgan fingerprint density at radius 2 is 1.34 bits per heavy atom. The van der Waals surface area contributed by atoms with Crippen molar-refractivity contribution in [2.45, 2.75) is 179 Å². The van der Waals surface area contributed by atoms with Gasteiger partial charge in [0.15, 0.2) is 12.2 Å². The summed E-state index contributed by atoms with van der Waals surface area (Å²) >= 11 is 0. The molecule has 17 heteroatoms. The molecular formula is C56H84N4O13. The number of carbonyl (C=O) groups is 5. The van der Waals surface area contributed by atoms with E-state index in [1.165, 1.54) is 0 Å². The number of rotatable bonds is 23. The Morgan fingerprint density at radius 3 is 1.88 bits per heavy atom. The topological polar surface area (TPSA) is 217 Å². The molecule has 4 rings (SSSR count). The third-order valence-corrected chi connectivity index (χ3v) is 12.0. The van der Waals surface area contributed by atoms with E-state index < -0.39 is 82.8 Å². The largest absolute Gasteiger partial charge is 0.494 e. The molecule has 0 aliphatic carbocycles. The third kappa shape index (κ3) is 17.8. The smallest absolute Gasteiger partial charge is 0.311 e. The molecule has 3 N–H and O–H groups in total. The maximum absolute atomic E-state index is 14.0. The lowest BCUT2D eigenvalue weighted by molar-refractivity contribution is -0.294. The normalized spacial score (nSPS) is 18.6. The summed E-state index contributed by atoms with van der Waals surface area (Å²) in [5.41, 5.74) is 5.90. The molecule has 406 valence electrons. The third-order valence-electron chi connectivity index (χ3n) is 12.0. The molecule has 1 fully saturated rings. The van der Waals surface area contributed by atoms with Crippen molar-refractivity contribution >= 4 is 29.8 Å². The van der Waals surface area contributed by atoms with E-state index in [1.807, 2.05) is 57.2 Å². The number of amides is 1. The first-order valence-corrected chi connectivity index (χ1v) is 25.5. The van der Waals surface area contributed by atoms with Gasteiger partial charge in [0.25, 0.3) is 0 Å². The molecule has 2 heterocycles. The molecule has 17 nitrogen and oxygen atoms in total. The minimum atomic E-state index is -1.57. The summed E-state index contributed by atoms with van der Waals surface area (Å²) in [7, 11) is 0. The highest BCUT2D eigenvalue weighted by Gasteiger charge is 2.56. The Hall–Kier alpha value is -5.52. The highest BCUT2D eigenvalue weighted by atomic mass is 16.7. The molecule has 0 bridgehead atoms. The summed E-state index contributed by atoms with van der Waals surface area (Å²) < 4.78 is 46.1. The predicted octanol–water partition coefficient (Wildman–Crippen LogP) is 8.00. The maximum atomic E-state index is 14.0. The first-order chi connectivity index (χ1) is 33.9. The van der Waals surface area contributed by atoms with Crippen LogP contribution >= 0.6 is 0 Å². The van der Waals surface area contributed by atoms with E-state index in [1.54, 1.807) is 87.8 Å². The van der Waals surface area contributed by atoms with Crippen molar-refractivity contribution in [1.82, 2.24) is 14.7 Å². The van der Waals surface area contributed by atoms with Crippen molar-refractivity contribution in [3.63, 3.8) is 0 Å². The molecule has 1 aromatic heterocycles. The van der Waals surface area contributed by atoms with Gasteiger partial charge in [-0.3, -0.25) is 33.6 Å². The summed E-state index contributed by atoms with van der Waals surface area (Å²) in [5.74, 6) is -2.27. The quantitative estimate of drug-likeness (QED) is 0.0523. The van der Waals surface area contributed by atoms with Crippen LogP contribution in [-0.2, 0) is 67.2 Å². The van der Waals surface area contributed by atoms with Crippen LogP contribution in [0.2, 0.25) is 0 Å². The summed E-state index contributed by atoms with van der Waals surface area (Å²) in [6, 6.07) is 15.9. The molecule has 0 radical (unpaired) electrons. The molecule has 0 spiro atoms. The monoisotopic (exact) mass is 1020 g/mol. The lowest BCUT2D eigenvalue weighted by Crippen LogP contribution is -2.65. The van der Waals surface area contributed by atoms with Crippen molar-refractivity contribution in [3.8, 4) is 11.6 Å². The summed E-state index contributed by atoms with van der Waals surface area (Å²) in [6.45, 7) is 28.3. The number of aliphatic hydroxyl groups excluding tert-OH is 1. The van der Waals surface area contributed by atoms with Gasteiger partial charge in [-0.05, 0) is 138 Å². The zero-order chi connectivity index (χ0) is 54.6. The van der Waals surface area contributed by atoms with Crippen LogP contribution in [0.15, 0.2) is 48.5 Å². The van der Waals surface area contributed by atoms with Crippen LogP contribution < -0.4 is 15.2 Å². The Balaban J connectivity index is 1.78. The van der Waals surface area contributed by atoms with E-state index in [4.69, 9.17) is 44.0 Å². The van der Waals surface area contributed by atoms with Crippen molar-refractivity contribution in [3.05, 3.63) is 76.5 Å². The number of hydrogen-bond donors (Lipinski definition) is 2. The second kappa shape index (κ2) is 25.6. The molecule has 3 aromatic rings. The number of nitrogens with zero attached hydrogens (tertiary/aromatic N) is 3. The number of nitrogens with two attached hydrogens (primary N) is 1. The van der Waals surface area contributed by atoms with Crippen LogP contribution in [0.5, 0.6) is 11.6 Å². The van der Waals surface area contributed by atoms with E-state index in [2.05, 4.69) is 17.0 Å². The molecule has 1 aliphatic rings. The first kappa shape index (κ1) is 60.0. The van der Waals surface area contributed by atoms with Crippen molar-refractivity contribution < 1.29 is 62.2 Å². The number of carbonyl (C=O) groups excluding carboxylic acids is 5. The fraction of sp³-hybridized carbons (Fsp3) is 0.643. The number of aryl methyl sites for hydroxylation is 2. The fourth-order valence-corrected chi connectivity index (χ4v) is 7.69. The first-order valence-electron chi connectivity index (χ1n) is 25.5. The van der Waals surface area contributed by atoms with Crippen LogP contribution in [0.1, 0.15) is 150 Å². The molecule has 0 saturated carbocycles. The number of benzene rings is 2. The molecule has 5 atom stereocenters. The number of aliphatic hydroxyl groups is 1. The molecular weight excluding hydrogens is 937 g/mol. The van der Waals surface area contributed by atoms with Gasteiger partial charge in [0, 0.05) is 56.9 Å². The van der Waals surface area contributed by atoms with Gasteiger partial charge in [0.05, 0.1) is 28.3 Å². The molecule has 1 aliphatic heterocycles. The van der Waals surface area contributed by atoms with Gasteiger partial charge in [0.2, 0.25) is 24.2 Å². The van der Waals surface area contributed by atoms with Crippen molar-refractivity contribution in [1.29, 1.82) is 0 Å². The number of aromatic nitrogens is 2. The lowest BCUT2D eigenvalue weighted by Gasteiger charge is -2.45. The van der Waals surface area contributed by atoms with Crippen molar-refractivity contribution in [2.24, 2.45) is 27.4 Å². The van der Waals surface area contributed by atoms with Gasteiger partial charge in [-0.1, -0.05) is 50.2 Å². The van der Waals surface area contributed by atoms with Gasteiger partial charge >= 0.3 is 23.9 Å². The maximum Gasteiger partial charge on any atom is 0.311 e. The fourth-order valence-electron chi connectivity index (χ4n) is 7.69. The zero-order valence-electron chi connectivity index (χ0n) is 46.1.